The first-order valence-electron chi connectivity index (χ1n) is 11.2. The van der Waals surface area contributed by atoms with Crippen LogP contribution in [-0.2, 0) is 5.41 Å². The summed E-state index contributed by atoms with van der Waals surface area (Å²) in [5.74, 6) is 4.50. The number of benzene rings is 2. The Kier molecular flexibility index (Phi) is 4.38. The summed E-state index contributed by atoms with van der Waals surface area (Å²) in [6.07, 6.45) is 10.5. The summed E-state index contributed by atoms with van der Waals surface area (Å²) in [7, 11) is 0. The second-order valence-electron chi connectivity index (χ2n) is 9.71. The summed E-state index contributed by atoms with van der Waals surface area (Å²) in [4.78, 5) is 4.65. The zero-order valence-corrected chi connectivity index (χ0v) is 17.8. The molecule has 0 unspecified atom stereocenters. The summed E-state index contributed by atoms with van der Waals surface area (Å²) in [5.41, 5.74) is 3.99. The van der Waals surface area contributed by atoms with Gasteiger partial charge in [-0.3, -0.25) is 4.99 Å². The van der Waals surface area contributed by atoms with Crippen molar-refractivity contribution >= 4 is 23.5 Å². The van der Waals surface area contributed by atoms with E-state index in [1.165, 1.54) is 38.5 Å². The van der Waals surface area contributed by atoms with E-state index in [0.29, 0.717) is 5.41 Å². The molecule has 2 aromatic carbocycles. The Morgan fingerprint density at radius 1 is 0.800 bits per heavy atom. The molecule has 4 bridgehead atoms. The molecule has 4 aliphatic rings. The lowest BCUT2D eigenvalue weighted by Crippen LogP contribution is -2.48. The third-order valence-electron chi connectivity index (χ3n) is 7.61. The SMILES string of the molecule is Clc1ccc(-c2ccc(C=Nc3ccc(C45CC6CC(CC(C6)C4)C5)cc3)o2)cc1. The van der Waals surface area contributed by atoms with Gasteiger partial charge in [0.15, 0.2) is 0 Å². The molecular formula is C27H26ClNO. The van der Waals surface area contributed by atoms with Crippen LogP contribution in [0.4, 0.5) is 5.69 Å². The fourth-order valence-electron chi connectivity index (χ4n) is 6.69. The Morgan fingerprint density at radius 2 is 1.43 bits per heavy atom. The molecule has 0 aliphatic heterocycles. The highest BCUT2D eigenvalue weighted by Crippen LogP contribution is 2.60. The van der Waals surface area contributed by atoms with Crippen LogP contribution in [0, 0.1) is 17.8 Å². The molecule has 0 N–H and O–H groups in total. The molecular weight excluding hydrogens is 390 g/mol. The first-order chi connectivity index (χ1) is 14.6. The number of furan rings is 1. The molecule has 1 heterocycles. The minimum absolute atomic E-state index is 0.450. The van der Waals surface area contributed by atoms with Crippen molar-refractivity contribution in [1.82, 2.24) is 0 Å². The molecule has 0 radical (unpaired) electrons. The molecule has 3 heteroatoms. The Hall–Kier alpha value is -2.32. The van der Waals surface area contributed by atoms with Crippen molar-refractivity contribution in [3.8, 4) is 11.3 Å². The summed E-state index contributed by atoms with van der Waals surface area (Å²) in [6.45, 7) is 0. The minimum Gasteiger partial charge on any atom is -0.455 e. The van der Waals surface area contributed by atoms with E-state index in [-0.39, 0.29) is 0 Å². The summed E-state index contributed by atoms with van der Waals surface area (Å²) in [5, 5.41) is 0.726. The van der Waals surface area contributed by atoms with Crippen LogP contribution in [0.3, 0.4) is 0 Å². The molecule has 0 saturated heterocycles. The lowest BCUT2D eigenvalue weighted by Gasteiger charge is -2.57. The van der Waals surface area contributed by atoms with Crippen LogP contribution in [-0.4, -0.2) is 6.21 Å². The standard InChI is InChI=1S/C27H26ClNO/c28-23-5-1-21(2-6-23)26-10-9-25(30-26)17-29-24-7-3-22(4-8-24)27-14-18-11-19(15-27)13-20(12-18)16-27/h1-10,17-20H,11-16H2. The third kappa shape index (κ3) is 3.32. The zero-order valence-electron chi connectivity index (χ0n) is 17.1. The molecule has 2 nitrogen and oxygen atoms in total. The highest BCUT2D eigenvalue weighted by atomic mass is 35.5. The normalized spacial score (nSPS) is 29.7. The fourth-order valence-corrected chi connectivity index (χ4v) is 6.82. The third-order valence-corrected chi connectivity index (χ3v) is 7.87. The minimum atomic E-state index is 0.450. The molecule has 3 aromatic rings. The maximum absolute atomic E-state index is 5.97. The Morgan fingerprint density at radius 3 is 2.07 bits per heavy atom. The average Bonchev–Trinajstić information content (AvgIpc) is 3.21. The highest BCUT2D eigenvalue weighted by molar-refractivity contribution is 6.30. The van der Waals surface area contributed by atoms with E-state index in [1.807, 2.05) is 36.4 Å². The topological polar surface area (TPSA) is 25.5 Å². The molecule has 0 amide bonds. The molecule has 0 spiro atoms. The molecule has 7 rings (SSSR count). The Balaban J connectivity index is 1.18. The van der Waals surface area contributed by atoms with Crippen LogP contribution in [0.1, 0.15) is 49.8 Å². The highest BCUT2D eigenvalue weighted by Gasteiger charge is 2.51. The second-order valence-corrected chi connectivity index (χ2v) is 10.1. The van der Waals surface area contributed by atoms with E-state index < -0.39 is 0 Å². The van der Waals surface area contributed by atoms with Crippen molar-refractivity contribution in [1.29, 1.82) is 0 Å². The van der Waals surface area contributed by atoms with E-state index in [4.69, 9.17) is 16.0 Å². The lowest BCUT2D eigenvalue weighted by molar-refractivity contribution is -0.00518. The van der Waals surface area contributed by atoms with E-state index in [1.54, 1.807) is 11.8 Å². The maximum Gasteiger partial charge on any atom is 0.145 e. The van der Waals surface area contributed by atoms with Gasteiger partial charge in [0.1, 0.15) is 11.5 Å². The smallest absolute Gasteiger partial charge is 0.145 e. The predicted octanol–water partition coefficient (Wildman–Crippen LogP) is 7.82. The van der Waals surface area contributed by atoms with Crippen LogP contribution in [0.15, 0.2) is 70.1 Å². The molecule has 152 valence electrons. The number of halogens is 1. The van der Waals surface area contributed by atoms with E-state index in [9.17, 15) is 0 Å². The fraction of sp³-hybridized carbons (Fsp3) is 0.370. The van der Waals surface area contributed by atoms with Gasteiger partial charge in [-0.1, -0.05) is 23.7 Å². The molecule has 0 atom stereocenters. The average molecular weight is 416 g/mol. The molecule has 1 aromatic heterocycles. The summed E-state index contributed by atoms with van der Waals surface area (Å²) in [6, 6.07) is 20.6. The van der Waals surface area contributed by atoms with Gasteiger partial charge >= 0.3 is 0 Å². The van der Waals surface area contributed by atoms with Gasteiger partial charge in [0.05, 0.1) is 11.9 Å². The van der Waals surface area contributed by atoms with Gasteiger partial charge in [0, 0.05) is 10.6 Å². The van der Waals surface area contributed by atoms with Crippen molar-refractivity contribution in [2.24, 2.45) is 22.7 Å². The van der Waals surface area contributed by atoms with Gasteiger partial charge in [-0.2, -0.15) is 0 Å². The first-order valence-corrected chi connectivity index (χ1v) is 11.5. The Bertz CT molecular complexity index is 1040. The van der Waals surface area contributed by atoms with Crippen molar-refractivity contribution < 1.29 is 4.42 Å². The van der Waals surface area contributed by atoms with Gasteiger partial charge in [-0.15, -0.1) is 0 Å². The van der Waals surface area contributed by atoms with E-state index in [0.717, 1.165) is 45.5 Å². The number of hydrogen-bond acceptors (Lipinski definition) is 2. The second kappa shape index (κ2) is 7.13. The van der Waals surface area contributed by atoms with Crippen LogP contribution < -0.4 is 0 Å². The van der Waals surface area contributed by atoms with E-state index in [2.05, 4.69) is 29.3 Å². The monoisotopic (exact) mass is 415 g/mol. The zero-order chi connectivity index (χ0) is 20.1. The van der Waals surface area contributed by atoms with Crippen molar-refractivity contribution in [3.63, 3.8) is 0 Å². The van der Waals surface area contributed by atoms with Gasteiger partial charge in [0.2, 0.25) is 0 Å². The maximum atomic E-state index is 5.97. The number of nitrogens with zero attached hydrogens (tertiary/aromatic N) is 1. The van der Waals surface area contributed by atoms with Gasteiger partial charge < -0.3 is 4.42 Å². The number of aliphatic imine (C=N–C) groups is 1. The molecule has 4 saturated carbocycles. The number of rotatable bonds is 4. The Labute approximate surface area is 183 Å². The van der Waals surface area contributed by atoms with Crippen molar-refractivity contribution in [3.05, 3.63) is 77.0 Å². The first kappa shape index (κ1) is 18.4. The van der Waals surface area contributed by atoms with Gasteiger partial charge in [-0.25, -0.2) is 0 Å². The van der Waals surface area contributed by atoms with Crippen LogP contribution in [0.5, 0.6) is 0 Å². The quantitative estimate of drug-likeness (QED) is 0.399. The largest absolute Gasteiger partial charge is 0.455 e. The van der Waals surface area contributed by atoms with Gasteiger partial charge in [0.25, 0.3) is 0 Å². The van der Waals surface area contributed by atoms with Crippen LogP contribution in [0.25, 0.3) is 11.3 Å². The molecule has 30 heavy (non-hydrogen) atoms. The summed E-state index contributed by atoms with van der Waals surface area (Å²) < 4.78 is 5.93. The summed E-state index contributed by atoms with van der Waals surface area (Å²) >= 11 is 5.97. The van der Waals surface area contributed by atoms with Gasteiger partial charge in [-0.05, 0) is 116 Å². The lowest BCUT2D eigenvalue weighted by atomic mass is 9.48. The van der Waals surface area contributed by atoms with E-state index >= 15 is 0 Å². The van der Waals surface area contributed by atoms with Crippen LogP contribution >= 0.6 is 11.6 Å². The number of hydrogen-bond donors (Lipinski definition) is 0. The van der Waals surface area contributed by atoms with Crippen LogP contribution in [0.2, 0.25) is 5.02 Å². The molecule has 4 fully saturated rings. The van der Waals surface area contributed by atoms with Crippen molar-refractivity contribution in [2.45, 2.75) is 43.9 Å². The molecule has 4 aliphatic carbocycles. The van der Waals surface area contributed by atoms with Crippen molar-refractivity contribution in [2.75, 3.05) is 0 Å². The predicted molar refractivity (Wildman–Crippen MR) is 123 cm³/mol.